The van der Waals surface area contributed by atoms with Crippen LogP contribution in [-0.2, 0) is 14.3 Å². The van der Waals surface area contributed by atoms with Gasteiger partial charge in [0.25, 0.3) is 11.5 Å². The fourth-order valence-corrected chi connectivity index (χ4v) is 4.96. The second-order valence-corrected chi connectivity index (χ2v) is 9.86. The molecule has 2 N–H and O–H groups in total. The van der Waals surface area contributed by atoms with Crippen molar-refractivity contribution in [1.82, 2.24) is 4.57 Å². The molecule has 1 aliphatic heterocycles. The van der Waals surface area contributed by atoms with E-state index in [1.807, 2.05) is 0 Å². The summed E-state index contributed by atoms with van der Waals surface area (Å²) in [5.41, 5.74) is 7.09. The number of allylic oxidation sites excluding steroid dienone is 1. The Morgan fingerprint density at radius 3 is 2.44 bits per heavy atom. The van der Waals surface area contributed by atoms with Crippen molar-refractivity contribution in [3.8, 4) is 5.75 Å². The molecule has 3 aromatic rings. The van der Waals surface area contributed by atoms with E-state index in [1.54, 1.807) is 75.4 Å². The van der Waals surface area contributed by atoms with E-state index in [0.717, 1.165) is 5.56 Å². The van der Waals surface area contributed by atoms with E-state index in [1.165, 1.54) is 15.9 Å². The maximum Gasteiger partial charge on any atom is 0.338 e. The lowest BCUT2D eigenvalue weighted by molar-refractivity contribution is -0.143. The van der Waals surface area contributed by atoms with E-state index < -0.39 is 17.9 Å². The maximum absolute atomic E-state index is 13.6. The first-order chi connectivity index (χ1) is 17.1. The average Bonchev–Trinajstić information content (AvgIpc) is 3.12. The van der Waals surface area contributed by atoms with Crippen LogP contribution >= 0.6 is 22.9 Å². The summed E-state index contributed by atoms with van der Waals surface area (Å²) in [4.78, 5) is 42.7. The number of hydrogen-bond acceptors (Lipinski definition) is 7. The zero-order valence-corrected chi connectivity index (χ0v) is 21.4. The fourth-order valence-electron chi connectivity index (χ4n) is 3.79. The molecule has 8 nitrogen and oxygen atoms in total. The van der Waals surface area contributed by atoms with Gasteiger partial charge in [0.15, 0.2) is 11.4 Å². The molecule has 0 aliphatic carbocycles. The Bertz CT molecular complexity index is 1520. The molecule has 0 radical (unpaired) electrons. The third-order valence-corrected chi connectivity index (χ3v) is 6.56. The molecule has 1 atom stereocenters. The van der Waals surface area contributed by atoms with Gasteiger partial charge in [-0.1, -0.05) is 47.2 Å². The first kappa shape index (κ1) is 25.4. The smallest absolute Gasteiger partial charge is 0.338 e. The number of hydrogen-bond donors (Lipinski definition) is 1. The largest absolute Gasteiger partial charge is 0.484 e. The molecular weight excluding hydrogens is 502 g/mol. The zero-order valence-electron chi connectivity index (χ0n) is 19.9. The van der Waals surface area contributed by atoms with E-state index in [2.05, 4.69) is 4.99 Å². The summed E-state index contributed by atoms with van der Waals surface area (Å²) in [5.74, 6) is -0.603. The third-order valence-electron chi connectivity index (χ3n) is 5.33. The molecule has 10 heteroatoms. The highest BCUT2D eigenvalue weighted by Crippen LogP contribution is 2.31. The van der Waals surface area contributed by atoms with Crippen molar-refractivity contribution < 1.29 is 19.1 Å². The molecule has 1 aliphatic rings. The van der Waals surface area contributed by atoms with Crippen molar-refractivity contribution in [2.24, 2.45) is 10.7 Å². The van der Waals surface area contributed by atoms with Crippen LogP contribution in [0.3, 0.4) is 0 Å². The zero-order chi connectivity index (χ0) is 26.0. The second-order valence-electron chi connectivity index (χ2n) is 8.41. The number of carbonyl (C=O) groups is 2. The number of aromatic nitrogens is 1. The fraction of sp³-hybridized carbons (Fsp3) is 0.231. The van der Waals surface area contributed by atoms with Crippen LogP contribution in [0.4, 0.5) is 0 Å². The van der Waals surface area contributed by atoms with Gasteiger partial charge < -0.3 is 15.2 Å². The number of ether oxygens (including phenoxy) is 2. The van der Waals surface area contributed by atoms with Crippen LogP contribution in [0.5, 0.6) is 5.75 Å². The highest BCUT2D eigenvalue weighted by Gasteiger charge is 2.33. The topological polar surface area (TPSA) is 113 Å². The Labute approximate surface area is 215 Å². The summed E-state index contributed by atoms with van der Waals surface area (Å²) in [6.07, 6.45) is 1.41. The summed E-state index contributed by atoms with van der Waals surface area (Å²) in [6, 6.07) is 13.2. The highest BCUT2D eigenvalue weighted by molar-refractivity contribution is 7.07. The van der Waals surface area contributed by atoms with Gasteiger partial charge in [-0.25, -0.2) is 9.79 Å². The summed E-state index contributed by atoms with van der Waals surface area (Å²) < 4.78 is 12.7. The van der Waals surface area contributed by atoms with Crippen LogP contribution in [0.25, 0.3) is 6.08 Å². The lowest BCUT2D eigenvalue weighted by Gasteiger charge is -2.25. The average molecular weight is 526 g/mol. The van der Waals surface area contributed by atoms with Gasteiger partial charge in [-0.15, -0.1) is 0 Å². The van der Waals surface area contributed by atoms with Crippen molar-refractivity contribution >= 4 is 40.9 Å². The quantitative estimate of drug-likeness (QED) is 0.476. The molecule has 0 saturated heterocycles. The number of esters is 1. The minimum Gasteiger partial charge on any atom is -0.484 e. The molecule has 0 saturated carbocycles. The van der Waals surface area contributed by atoms with Gasteiger partial charge in [0, 0.05) is 5.02 Å². The van der Waals surface area contributed by atoms with Crippen LogP contribution in [-0.4, -0.2) is 29.2 Å². The molecule has 0 bridgehead atoms. The maximum atomic E-state index is 13.6. The van der Waals surface area contributed by atoms with Crippen molar-refractivity contribution in [3.05, 3.63) is 95.6 Å². The van der Waals surface area contributed by atoms with E-state index in [0.29, 0.717) is 36.9 Å². The molecule has 1 aromatic heterocycles. The molecule has 0 spiro atoms. The van der Waals surface area contributed by atoms with E-state index in [4.69, 9.17) is 26.8 Å². The second kappa shape index (κ2) is 10.5. The van der Waals surface area contributed by atoms with Gasteiger partial charge >= 0.3 is 5.97 Å². The van der Waals surface area contributed by atoms with Crippen LogP contribution in [0.1, 0.15) is 37.9 Å². The number of carbonyl (C=O) groups excluding carboxylic acids is 2. The van der Waals surface area contributed by atoms with Crippen molar-refractivity contribution in [3.63, 3.8) is 0 Å². The third kappa shape index (κ3) is 5.42. The number of amides is 1. The first-order valence-electron chi connectivity index (χ1n) is 11.1. The Kier molecular flexibility index (Phi) is 7.42. The molecule has 1 unspecified atom stereocenters. The predicted molar refractivity (Wildman–Crippen MR) is 138 cm³/mol. The summed E-state index contributed by atoms with van der Waals surface area (Å²) in [7, 11) is 0. The highest BCUT2D eigenvalue weighted by atomic mass is 35.5. The number of nitrogens with two attached hydrogens (primary N) is 1. The van der Waals surface area contributed by atoms with Crippen molar-refractivity contribution in [2.75, 3.05) is 6.61 Å². The lowest BCUT2D eigenvalue weighted by atomic mass is 9.96. The number of nitrogens with zero attached hydrogens (tertiary/aromatic N) is 2. The molecule has 186 valence electrons. The van der Waals surface area contributed by atoms with E-state index in [-0.39, 0.29) is 18.3 Å². The normalized spacial score (nSPS) is 15.5. The summed E-state index contributed by atoms with van der Waals surface area (Å²) >= 11 is 7.33. The molecular formula is C26H24ClN3O5S. The Morgan fingerprint density at radius 1 is 1.17 bits per heavy atom. The number of rotatable bonds is 7. The first-order valence-corrected chi connectivity index (χ1v) is 12.3. The molecule has 4 rings (SSSR count). The van der Waals surface area contributed by atoms with Gasteiger partial charge in [0.1, 0.15) is 5.75 Å². The van der Waals surface area contributed by atoms with Gasteiger partial charge in [-0.2, -0.15) is 0 Å². The van der Waals surface area contributed by atoms with Gasteiger partial charge in [-0.3, -0.25) is 14.2 Å². The van der Waals surface area contributed by atoms with Crippen molar-refractivity contribution in [2.45, 2.75) is 32.9 Å². The van der Waals surface area contributed by atoms with E-state index >= 15 is 0 Å². The molecule has 1 amide bonds. The monoisotopic (exact) mass is 525 g/mol. The van der Waals surface area contributed by atoms with Gasteiger partial charge in [0.05, 0.1) is 27.9 Å². The number of fused-ring (bicyclic) bond motifs is 1. The lowest BCUT2D eigenvalue weighted by Crippen LogP contribution is -2.40. The summed E-state index contributed by atoms with van der Waals surface area (Å²) in [5, 5.41) is 0.543. The molecule has 2 aromatic carbocycles. The number of thiazole rings is 1. The Morgan fingerprint density at radius 2 is 1.83 bits per heavy atom. The minimum atomic E-state index is -0.712. The van der Waals surface area contributed by atoms with Gasteiger partial charge in [-0.05, 0) is 62.2 Å². The molecule has 36 heavy (non-hydrogen) atoms. The number of primary amides is 1. The van der Waals surface area contributed by atoms with Gasteiger partial charge in [0.2, 0.25) is 0 Å². The summed E-state index contributed by atoms with van der Waals surface area (Å²) in [6.45, 7) is 5.06. The van der Waals surface area contributed by atoms with Crippen LogP contribution < -0.4 is 25.4 Å². The van der Waals surface area contributed by atoms with Crippen molar-refractivity contribution in [1.29, 1.82) is 0 Å². The number of benzene rings is 2. The number of halogens is 1. The standard InChI is InChI=1S/C26H24ClN3O5S/c1-14(2)35-25(33)22-15(3)29-26-30(23(22)17-6-8-18(27)9-7-17)24(32)20(36-26)12-16-4-10-19(11-5-16)34-13-21(28)31/h4-12,14,23H,13H2,1-3H3,(H2,28,31)/b20-12-. The van der Waals surface area contributed by atoms with E-state index in [9.17, 15) is 14.4 Å². The predicted octanol–water partition coefficient (Wildman–Crippen LogP) is 2.70. The molecule has 2 heterocycles. The SMILES string of the molecule is CC1=C(C(=O)OC(C)C)C(c2ccc(Cl)cc2)n2c(s/c(=C\c3ccc(OCC(N)=O)cc3)c2=O)=N1. The Balaban J connectivity index is 1.81. The van der Waals surface area contributed by atoms with Crippen LogP contribution in [0.15, 0.2) is 69.6 Å². The molecule has 0 fully saturated rings. The minimum absolute atomic E-state index is 0.219. The Hall–Kier alpha value is -3.69. The van der Waals surface area contributed by atoms with Crippen LogP contribution in [0, 0.1) is 0 Å². The van der Waals surface area contributed by atoms with Crippen LogP contribution in [0.2, 0.25) is 5.02 Å².